The predicted octanol–water partition coefficient (Wildman–Crippen LogP) is 1.15. The molecule has 0 aromatic rings. The van der Waals surface area contributed by atoms with E-state index < -0.39 is 47.4 Å². The molecule has 1 aliphatic carbocycles. The molecule has 1 unspecified atom stereocenters. The van der Waals surface area contributed by atoms with Crippen LogP contribution in [0.4, 0.5) is 4.79 Å². The number of carbonyl (C=O) groups is 5. The monoisotopic (exact) mass is 533 g/mol. The second-order valence-electron chi connectivity index (χ2n) is 11.3. The highest BCUT2D eigenvalue weighted by atomic mass is 16.5. The molecule has 5 amide bonds. The van der Waals surface area contributed by atoms with E-state index in [1.165, 1.54) is 11.0 Å². The Hall–Kier alpha value is -2.95. The molecule has 0 aromatic carbocycles. The molecular formula is C27H43N5O6. The number of likely N-dealkylation sites (tertiary alicyclic amines) is 1. The summed E-state index contributed by atoms with van der Waals surface area (Å²) in [6.45, 7) is 9.60. The summed E-state index contributed by atoms with van der Waals surface area (Å²) in [5.74, 6) is -2.78. The van der Waals surface area contributed by atoms with Gasteiger partial charge in [0.2, 0.25) is 17.6 Å². The van der Waals surface area contributed by atoms with Crippen molar-refractivity contribution in [1.82, 2.24) is 20.9 Å². The summed E-state index contributed by atoms with van der Waals surface area (Å²) in [4.78, 5) is 66.2. The van der Waals surface area contributed by atoms with Crippen molar-refractivity contribution in [3.8, 4) is 0 Å². The first kappa shape index (κ1) is 29.6. The third kappa shape index (κ3) is 6.92. The summed E-state index contributed by atoms with van der Waals surface area (Å²) in [5.41, 5.74) is 4.98. The molecule has 0 bridgehead atoms. The van der Waals surface area contributed by atoms with E-state index in [9.17, 15) is 24.0 Å². The zero-order valence-electron chi connectivity index (χ0n) is 22.8. The lowest BCUT2D eigenvalue weighted by molar-refractivity contribution is -0.144. The first-order valence-corrected chi connectivity index (χ1v) is 13.8. The lowest BCUT2D eigenvalue weighted by atomic mass is 9.83. The number of hydrogen-bond donors (Lipinski definition) is 4. The highest BCUT2D eigenvalue weighted by molar-refractivity contribution is 6.38. The van der Waals surface area contributed by atoms with E-state index in [4.69, 9.17) is 10.5 Å². The van der Waals surface area contributed by atoms with Crippen LogP contribution in [0.3, 0.4) is 0 Å². The minimum atomic E-state index is -1.03. The van der Waals surface area contributed by atoms with Crippen LogP contribution in [0.15, 0.2) is 12.7 Å². The Kier molecular flexibility index (Phi) is 9.92. The van der Waals surface area contributed by atoms with Gasteiger partial charge in [0, 0.05) is 19.0 Å². The Morgan fingerprint density at radius 2 is 1.82 bits per heavy atom. The van der Waals surface area contributed by atoms with Gasteiger partial charge in [-0.15, -0.1) is 6.58 Å². The Morgan fingerprint density at radius 1 is 1.13 bits per heavy atom. The van der Waals surface area contributed by atoms with Gasteiger partial charge in [-0.2, -0.15) is 0 Å². The third-order valence-corrected chi connectivity index (χ3v) is 7.87. The molecular weight excluding hydrogens is 490 g/mol. The van der Waals surface area contributed by atoms with Crippen molar-refractivity contribution in [2.24, 2.45) is 17.6 Å². The van der Waals surface area contributed by atoms with Gasteiger partial charge in [0.15, 0.2) is 0 Å². The summed E-state index contributed by atoms with van der Waals surface area (Å²) in [5, 5.41) is 7.87. The minimum Gasteiger partial charge on any atom is -0.370 e. The van der Waals surface area contributed by atoms with Crippen LogP contribution in [0, 0.1) is 11.8 Å². The van der Waals surface area contributed by atoms with Crippen molar-refractivity contribution >= 4 is 29.5 Å². The third-order valence-electron chi connectivity index (χ3n) is 7.87. The van der Waals surface area contributed by atoms with Gasteiger partial charge in [-0.3, -0.25) is 19.2 Å². The number of Topliss-reactive ketones (excluding diaryl/α,β-unsaturated/α-hetero) is 1. The summed E-state index contributed by atoms with van der Waals surface area (Å²) in [7, 11) is 0. The minimum absolute atomic E-state index is 0.0757. The van der Waals surface area contributed by atoms with Crippen LogP contribution in [0.2, 0.25) is 0 Å². The highest BCUT2D eigenvalue weighted by Crippen LogP contribution is 2.43. The maximum Gasteiger partial charge on any atom is 0.312 e. The Balaban J connectivity index is 1.86. The van der Waals surface area contributed by atoms with Crippen LogP contribution in [0.1, 0.15) is 72.1 Å². The SMILES string of the molecule is C=CCNC(=O)C(=O)C(CCC)NC(=O)[C@@H]1[C@H]2CC(C)(C)O[C@H]2CN1C(=O)[C@@H](NC(N)=O)C1CCCCC1. The number of amides is 5. The largest absolute Gasteiger partial charge is 0.370 e. The quantitative estimate of drug-likeness (QED) is 0.230. The van der Waals surface area contributed by atoms with Crippen molar-refractivity contribution in [2.45, 2.75) is 102 Å². The molecule has 3 rings (SSSR count). The van der Waals surface area contributed by atoms with Gasteiger partial charge in [0.25, 0.3) is 5.91 Å². The first-order chi connectivity index (χ1) is 18.0. The zero-order chi connectivity index (χ0) is 28.0. The molecule has 2 heterocycles. The molecule has 2 aliphatic heterocycles. The van der Waals surface area contributed by atoms with Crippen LogP contribution < -0.4 is 21.7 Å². The number of primary amides is 1. The number of nitrogens with zero attached hydrogens (tertiary/aromatic N) is 1. The fourth-order valence-corrected chi connectivity index (χ4v) is 6.24. The first-order valence-electron chi connectivity index (χ1n) is 13.8. The summed E-state index contributed by atoms with van der Waals surface area (Å²) in [6, 6.07) is -3.56. The molecule has 3 aliphatic rings. The van der Waals surface area contributed by atoms with Gasteiger partial charge in [-0.05, 0) is 45.4 Å². The number of urea groups is 1. The van der Waals surface area contributed by atoms with E-state index in [0.29, 0.717) is 12.8 Å². The number of carbonyl (C=O) groups excluding carboxylic acids is 5. The molecule has 5 atom stereocenters. The maximum atomic E-state index is 13.9. The molecule has 5 N–H and O–H groups in total. The van der Waals surface area contributed by atoms with Crippen LogP contribution in [0.5, 0.6) is 0 Å². The van der Waals surface area contributed by atoms with Crippen LogP contribution >= 0.6 is 0 Å². The molecule has 1 saturated carbocycles. The molecule has 0 aromatic heterocycles. The normalized spacial score (nSPS) is 26.1. The molecule has 11 nitrogen and oxygen atoms in total. The van der Waals surface area contributed by atoms with Crippen molar-refractivity contribution < 1.29 is 28.7 Å². The van der Waals surface area contributed by atoms with Crippen molar-refractivity contribution in [2.75, 3.05) is 13.1 Å². The number of nitrogens with one attached hydrogen (secondary N) is 3. The summed E-state index contributed by atoms with van der Waals surface area (Å²) in [6.07, 6.45) is 7.03. The van der Waals surface area contributed by atoms with Crippen molar-refractivity contribution in [1.29, 1.82) is 0 Å². The van der Waals surface area contributed by atoms with Gasteiger partial charge < -0.3 is 31.3 Å². The Morgan fingerprint density at radius 3 is 2.42 bits per heavy atom. The van der Waals surface area contributed by atoms with E-state index in [1.54, 1.807) is 0 Å². The van der Waals surface area contributed by atoms with Gasteiger partial charge >= 0.3 is 6.03 Å². The number of hydrogen-bond acceptors (Lipinski definition) is 6. The molecule has 212 valence electrons. The predicted molar refractivity (Wildman–Crippen MR) is 141 cm³/mol. The Bertz CT molecular complexity index is 931. The number of ether oxygens (including phenoxy) is 1. The van der Waals surface area contributed by atoms with E-state index in [1.807, 2.05) is 20.8 Å². The molecule has 3 fully saturated rings. The van der Waals surface area contributed by atoms with Gasteiger partial charge in [-0.25, -0.2) is 4.79 Å². The lowest BCUT2D eigenvalue weighted by Gasteiger charge is -2.36. The van der Waals surface area contributed by atoms with Gasteiger partial charge in [-0.1, -0.05) is 38.7 Å². The fourth-order valence-electron chi connectivity index (χ4n) is 6.24. The average Bonchev–Trinajstić information content (AvgIpc) is 3.36. The van der Waals surface area contributed by atoms with Crippen LogP contribution in [-0.2, 0) is 23.9 Å². The number of fused-ring (bicyclic) bond motifs is 1. The zero-order valence-corrected chi connectivity index (χ0v) is 22.8. The average molecular weight is 534 g/mol. The van der Waals surface area contributed by atoms with Crippen LogP contribution in [0.25, 0.3) is 0 Å². The van der Waals surface area contributed by atoms with Gasteiger partial charge in [0.1, 0.15) is 12.1 Å². The Labute approximate surface area is 224 Å². The number of rotatable bonds is 11. The molecule has 2 saturated heterocycles. The molecule has 0 spiro atoms. The van der Waals surface area contributed by atoms with Crippen molar-refractivity contribution in [3.63, 3.8) is 0 Å². The molecule has 11 heteroatoms. The molecule has 0 radical (unpaired) electrons. The van der Waals surface area contributed by atoms with E-state index in [2.05, 4.69) is 22.5 Å². The fraction of sp³-hybridized carbons (Fsp3) is 0.741. The summed E-state index contributed by atoms with van der Waals surface area (Å²) < 4.78 is 6.20. The molecule has 38 heavy (non-hydrogen) atoms. The maximum absolute atomic E-state index is 13.9. The van der Waals surface area contributed by atoms with E-state index in [-0.39, 0.29) is 43.4 Å². The van der Waals surface area contributed by atoms with E-state index >= 15 is 0 Å². The van der Waals surface area contributed by atoms with Crippen LogP contribution in [-0.4, -0.2) is 77.4 Å². The van der Waals surface area contributed by atoms with Crippen molar-refractivity contribution in [3.05, 3.63) is 12.7 Å². The standard InChI is InChI=1S/C27H43N5O6/c1-5-10-18(22(33)24(35)29-13-6-2)30-23(34)21-17-14-27(3,4)38-19(17)15-32(21)25(36)20(31-26(28)37)16-11-8-7-9-12-16/h6,16-21H,2,5,7-15H2,1,3-4H3,(H,29,35)(H,30,34)(H3,28,31,37)/t17-,18?,19-,20-,21-/m0/s1. The second-order valence-corrected chi connectivity index (χ2v) is 11.3. The number of ketones is 1. The second kappa shape index (κ2) is 12.7. The number of nitrogens with two attached hydrogens (primary N) is 1. The van der Waals surface area contributed by atoms with E-state index in [0.717, 1.165) is 32.1 Å². The smallest absolute Gasteiger partial charge is 0.312 e. The highest BCUT2D eigenvalue weighted by Gasteiger charge is 2.56. The topological polar surface area (TPSA) is 160 Å². The van der Waals surface area contributed by atoms with Gasteiger partial charge in [0.05, 0.1) is 17.7 Å². The summed E-state index contributed by atoms with van der Waals surface area (Å²) >= 11 is 0. The lowest BCUT2D eigenvalue weighted by Crippen LogP contribution is -2.59.